The number of benzene rings is 1. The first-order chi connectivity index (χ1) is 9.57. The van der Waals surface area contributed by atoms with Crippen molar-refractivity contribution in [2.24, 2.45) is 0 Å². The highest BCUT2D eigenvalue weighted by Gasteiger charge is 2.39. The highest BCUT2D eigenvalue weighted by atomic mass is 35.5. The molecule has 20 heavy (non-hydrogen) atoms. The summed E-state index contributed by atoms with van der Waals surface area (Å²) in [5.74, 6) is 0.142. The molecule has 4 heteroatoms. The lowest BCUT2D eigenvalue weighted by molar-refractivity contribution is -0.148. The van der Waals surface area contributed by atoms with Gasteiger partial charge in [-0.05, 0) is 37.5 Å². The Bertz CT molecular complexity index is 474. The molecule has 0 unspecified atom stereocenters. The molecule has 0 spiro atoms. The van der Waals surface area contributed by atoms with E-state index in [1.807, 2.05) is 13.0 Å². The maximum Gasteiger partial charge on any atom is 0.169 e. The van der Waals surface area contributed by atoms with E-state index in [0.717, 1.165) is 31.2 Å². The summed E-state index contributed by atoms with van der Waals surface area (Å²) in [7, 11) is 0. The Balaban J connectivity index is 2.15. The summed E-state index contributed by atoms with van der Waals surface area (Å²) in [6.07, 6.45) is 5.26. The first-order valence-electron chi connectivity index (χ1n) is 7.18. The Morgan fingerprint density at radius 3 is 2.55 bits per heavy atom. The number of carbonyl (C=O) groups is 1. The zero-order valence-electron chi connectivity index (χ0n) is 11.8. The van der Waals surface area contributed by atoms with Gasteiger partial charge >= 0.3 is 0 Å². The first kappa shape index (κ1) is 15.8. The van der Waals surface area contributed by atoms with E-state index in [1.165, 1.54) is 6.42 Å². The van der Waals surface area contributed by atoms with Crippen LogP contribution in [0.1, 0.15) is 44.6 Å². The quantitative estimate of drug-likeness (QED) is 0.777. The molecule has 2 rings (SSSR count). The molecule has 0 amide bonds. The van der Waals surface area contributed by atoms with E-state index < -0.39 is 5.60 Å². The van der Waals surface area contributed by atoms with Crippen molar-refractivity contribution in [3.63, 3.8) is 0 Å². The van der Waals surface area contributed by atoms with Crippen LogP contribution in [0.3, 0.4) is 0 Å². The monoisotopic (exact) mass is 314 g/mol. The molecule has 0 atom stereocenters. The van der Waals surface area contributed by atoms with E-state index in [-0.39, 0.29) is 5.78 Å². The van der Waals surface area contributed by atoms with Gasteiger partial charge in [0.15, 0.2) is 5.78 Å². The molecule has 1 saturated carbocycles. The number of hydrogen-bond acceptors (Lipinski definition) is 2. The van der Waals surface area contributed by atoms with Crippen LogP contribution in [0.5, 0.6) is 0 Å². The van der Waals surface area contributed by atoms with Crippen LogP contribution in [-0.4, -0.2) is 18.0 Å². The number of halogens is 2. The minimum absolute atomic E-state index is 0.142. The smallest absolute Gasteiger partial charge is 0.169 e. The molecule has 0 heterocycles. The standard InChI is InChI=1S/C16H20Cl2O2/c1-2-20-16(8-4-3-5-9-16)15(19)10-12-6-7-13(17)11-14(12)18/h6-7,11H,2-5,8-10H2,1H3. The number of carbonyl (C=O) groups excluding carboxylic acids is 1. The lowest BCUT2D eigenvalue weighted by Gasteiger charge is -2.35. The number of ether oxygens (including phenoxy) is 1. The Hall–Kier alpha value is -0.570. The normalized spacial score (nSPS) is 17.9. The van der Waals surface area contributed by atoms with Gasteiger partial charge < -0.3 is 4.74 Å². The van der Waals surface area contributed by atoms with Gasteiger partial charge in [-0.1, -0.05) is 48.5 Å². The number of ketones is 1. The van der Waals surface area contributed by atoms with Crippen LogP contribution in [0.2, 0.25) is 10.0 Å². The minimum atomic E-state index is -0.601. The summed E-state index contributed by atoms with van der Waals surface area (Å²) in [6, 6.07) is 5.27. The van der Waals surface area contributed by atoms with Crippen LogP contribution in [0.25, 0.3) is 0 Å². The van der Waals surface area contributed by atoms with Gasteiger partial charge in [0.2, 0.25) is 0 Å². The Morgan fingerprint density at radius 1 is 1.25 bits per heavy atom. The molecule has 110 valence electrons. The minimum Gasteiger partial charge on any atom is -0.367 e. The van der Waals surface area contributed by atoms with E-state index in [4.69, 9.17) is 27.9 Å². The molecule has 0 N–H and O–H groups in total. The molecule has 2 nitrogen and oxygen atoms in total. The third-order valence-electron chi connectivity index (χ3n) is 3.96. The van der Waals surface area contributed by atoms with Gasteiger partial charge in [-0.25, -0.2) is 0 Å². The fourth-order valence-electron chi connectivity index (χ4n) is 2.90. The number of rotatable bonds is 5. The molecule has 1 fully saturated rings. The average Bonchev–Trinajstić information content (AvgIpc) is 2.43. The second-order valence-corrected chi connectivity index (χ2v) is 6.17. The maximum absolute atomic E-state index is 12.7. The van der Waals surface area contributed by atoms with Crippen molar-refractivity contribution in [2.75, 3.05) is 6.61 Å². The predicted octanol–water partition coefficient (Wildman–Crippen LogP) is 4.84. The molecule has 1 aromatic rings. The van der Waals surface area contributed by atoms with Gasteiger partial charge in [0.05, 0.1) is 0 Å². The highest BCUT2D eigenvalue weighted by Crippen LogP contribution is 2.34. The lowest BCUT2D eigenvalue weighted by Crippen LogP contribution is -2.44. The number of Topliss-reactive ketones (excluding diaryl/α,β-unsaturated/α-hetero) is 1. The maximum atomic E-state index is 12.7. The molecule has 0 radical (unpaired) electrons. The van der Waals surface area contributed by atoms with Gasteiger partial charge in [0.1, 0.15) is 5.60 Å². The van der Waals surface area contributed by atoms with Gasteiger partial charge in [-0.15, -0.1) is 0 Å². The number of hydrogen-bond donors (Lipinski definition) is 0. The third-order valence-corrected chi connectivity index (χ3v) is 4.54. The summed E-state index contributed by atoms with van der Waals surface area (Å²) in [4.78, 5) is 12.7. The molecular weight excluding hydrogens is 295 g/mol. The average molecular weight is 315 g/mol. The van der Waals surface area contributed by atoms with Crippen molar-refractivity contribution >= 4 is 29.0 Å². The zero-order chi connectivity index (χ0) is 14.6. The van der Waals surface area contributed by atoms with Crippen LogP contribution >= 0.6 is 23.2 Å². The largest absolute Gasteiger partial charge is 0.367 e. The van der Waals surface area contributed by atoms with Crippen molar-refractivity contribution in [1.29, 1.82) is 0 Å². The topological polar surface area (TPSA) is 26.3 Å². The SMILES string of the molecule is CCOC1(C(=O)Cc2ccc(Cl)cc2Cl)CCCCC1. The second-order valence-electron chi connectivity index (χ2n) is 5.32. The van der Waals surface area contributed by atoms with Gasteiger partial charge in [0.25, 0.3) is 0 Å². The van der Waals surface area contributed by atoms with Crippen molar-refractivity contribution in [1.82, 2.24) is 0 Å². The predicted molar refractivity (Wildman–Crippen MR) is 82.6 cm³/mol. The van der Waals surface area contributed by atoms with Crippen LogP contribution < -0.4 is 0 Å². The van der Waals surface area contributed by atoms with Crippen LogP contribution in [0, 0.1) is 0 Å². The van der Waals surface area contributed by atoms with Crippen molar-refractivity contribution in [3.8, 4) is 0 Å². The van der Waals surface area contributed by atoms with Crippen LogP contribution in [-0.2, 0) is 16.0 Å². The van der Waals surface area contributed by atoms with Crippen molar-refractivity contribution in [3.05, 3.63) is 33.8 Å². The van der Waals surface area contributed by atoms with Gasteiger partial charge in [-0.3, -0.25) is 4.79 Å². The summed E-state index contributed by atoms with van der Waals surface area (Å²) in [5.41, 5.74) is 0.224. The molecule has 1 aliphatic rings. The zero-order valence-corrected chi connectivity index (χ0v) is 13.3. The molecule has 0 bridgehead atoms. The first-order valence-corrected chi connectivity index (χ1v) is 7.94. The molecule has 1 aromatic carbocycles. The van der Waals surface area contributed by atoms with E-state index >= 15 is 0 Å². The van der Waals surface area contributed by atoms with E-state index in [0.29, 0.717) is 23.1 Å². The fourth-order valence-corrected chi connectivity index (χ4v) is 3.38. The summed E-state index contributed by atoms with van der Waals surface area (Å²) in [5, 5.41) is 1.14. The van der Waals surface area contributed by atoms with Crippen LogP contribution in [0.4, 0.5) is 0 Å². The molecule has 0 aromatic heterocycles. The van der Waals surface area contributed by atoms with E-state index in [2.05, 4.69) is 0 Å². The highest BCUT2D eigenvalue weighted by molar-refractivity contribution is 6.35. The van der Waals surface area contributed by atoms with E-state index in [1.54, 1.807) is 12.1 Å². The second kappa shape index (κ2) is 6.93. The summed E-state index contributed by atoms with van der Waals surface area (Å²) >= 11 is 12.0. The third kappa shape index (κ3) is 3.55. The van der Waals surface area contributed by atoms with Gasteiger partial charge in [-0.2, -0.15) is 0 Å². The summed E-state index contributed by atoms with van der Waals surface area (Å²) < 4.78 is 5.85. The Labute approximate surface area is 130 Å². The van der Waals surface area contributed by atoms with Gasteiger partial charge in [0, 0.05) is 23.1 Å². The molecule has 1 aliphatic carbocycles. The molecule has 0 aliphatic heterocycles. The van der Waals surface area contributed by atoms with E-state index in [9.17, 15) is 4.79 Å². The molecular formula is C16H20Cl2O2. The Morgan fingerprint density at radius 2 is 1.95 bits per heavy atom. The summed E-state index contributed by atoms with van der Waals surface area (Å²) in [6.45, 7) is 2.51. The van der Waals surface area contributed by atoms with Crippen molar-refractivity contribution < 1.29 is 9.53 Å². The molecule has 0 saturated heterocycles. The Kier molecular flexibility index (Phi) is 5.48. The lowest BCUT2D eigenvalue weighted by atomic mass is 9.79. The van der Waals surface area contributed by atoms with Crippen LogP contribution in [0.15, 0.2) is 18.2 Å². The fraction of sp³-hybridized carbons (Fsp3) is 0.562. The van der Waals surface area contributed by atoms with Crippen molar-refractivity contribution in [2.45, 2.75) is 51.0 Å².